The van der Waals surface area contributed by atoms with E-state index in [9.17, 15) is 4.79 Å². The molecule has 3 atom stereocenters. The van der Waals surface area contributed by atoms with Gasteiger partial charge in [0.25, 0.3) is 0 Å². The SMILES string of the molecule is C[C@@H]1C[C@H](C)CN(C[C@H](C)NC(=O)N2CCCSCC2)C1. The number of amides is 2. The van der Waals surface area contributed by atoms with Gasteiger partial charge in [-0.2, -0.15) is 11.8 Å². The Morgan fingerprint density at radius 2 is 1.95 bits per heavy atom. The van der Waals surface area contributed by atoms with Crippen molar-refractivity contribution in [3.05, 3.63) is 0 Å². The topological polar surface area (TPSA) is 35.6 Å². The molecule has 5 heteroatoms. The maximum absolute atomic E-state index is 12.3. The monoisotopic (exact) mass is 313 g/mol. The molecule has 1 N–H and O–H groups in total. The van der Waals surface area contributed by atoms with Gasteiger partial charge in [0.15, 0.2) is 0 Å². The Balaban J connectivity index is 1.75. The van der Waals surface area contributed by atoms with Crippen LogP contribution in [0.4, 0.5) is 4.79 Å². The van der Waals surface area contributed by atoms with Crippen LogP contribution >= 0.6 is 11.8 Å². The fourth-order valence-electron chi connectivity index (χ4n) is 3.63. The number of carbonyl (C=O) groups excluding carboxylic acids is 1. The molecule has 4 nitrogen and oxygen atoms in total. The second kappa shape index (κ2) is 8.28. The highest BCUT2D eigenvalue weighted by molar-refractivity contribution is 7.99. The normalized spacial score (nSPS) is 29.8. The number of hydrogen-bond donors (Lipinski definition) is 1. The molecule has 2 saturated heterocycles. The maximum atomic E-state index is 12.3. The van der Waals surface area contributed by atoms with Crippen LogP contribution in [0.5, 0.6) is 0 Å². The Hall–Kier alpha value is -0.420. The lowest BCUT2D eigenvalue weighted by molar-refractivity contribution is 0.129. The number of nitrogens with zero attached hydrogens (tertiary/aromatic N) is 2. The molecule has 2 amide bonds. The molecule has 0 aromatic rings. The van der Waals surface area contributed by atoms with E-state index in [-0.39, 0.29) is 12.1 Å². The minimum Gasteiger partial charge on any atom is -0.334 e. The van der Waals surface area contributed by atoms with Crippen molar-refractivity contribution in [3.8, 4) is 0 Å². The zero-order valence-electron chi connectivity index (χ0n) is 13.8. The smallest absolute Gasteiger partial charge is 0.317 e. The molecule has 2 aliphatic heterocycles. The van der Waals surface area contributed by atoms with Crippen molar-refractivity contribution >= 4 is 17.8 Å². The Kier molecular flexibility index (Phi) is 6.68. The first-order valence-electron chi connectivity index (χ1n) is 8.40. The summed E-state index contributed by atoms with van der Waals surface area (Å²) in [4.78, 5) is 16.8. The van der Waals surface area contributed by atoms with Crippen molar-refractivity contribution in [1.29, 1.82) is 0 Å². The largest absolute Gasteiger partial charge is 0.334 e. The highest BCUT2D eigenvalue weighted by atomic mass is 32.2. The van der Waals surface area contributed by atoms with Crippen LogP contribution in [0.3, 0.4) is 0 Å². The molecule has 2 fully saturated rings. The number of piperidine rings is 1. The minimum atomic E-state index is 0.128. The van der Waals surface area contributed by atoms with Crippen molar-refractivity contribution in [2.45, 2.75) is 39.7 Å². The third-order valence-electron chi connectivity index (χ3n) is 4.36. The van der Waals surface area contributed by atoms with Crippen molar-refractivity contribution < 1.29 is 4.79 Å². The van der Waals surface area contributed by atoms with Crippen LogP contribution in [0.2, 0.25) is 0 Å². The summed E-state index contributed by atoms with van der Waals surface area (Å²) in [6.07, 6.45) is 2.45. The molecule has 122 valence electrons. The summed E-state index contributed by atoms with van der Waals surface area (Å²) >= 11 is 1.95. The van der Waals surface area contributed by atoms with Gasteiger partial charge < -0.3 is 15.1 Å². The standard InChI is InChI=1S/C16H31N3OS/c1-13-9-14(2)11-18(10-13)12-15(3)17-16(20)19-5-4-7-21-8-6-19/h13-15H,4-12H2,1-3H3,(H,17,20)/t13-,14+,15-/m0/s1. The van der Waals surface area contributed by atoms with Crippen LogP contribution < -0.4 is 5.32 Å². The molecule has 0 bridgehead atoms. The molecule has 0 aromatic carbocycles. The van der Waals surface area contributed by atoms with E-state index in [2.05, 4.69) is 31.0 Å². The number of urea groups is 1. The molecule has 0 aliphatic carbocycles. The molecular formula is C16H31N3OS. The van der Waals surface area contributed by atoms with Gasteiger partial charge >= 0.3 is 6.03 Å². The van der Waals surface area contributed by atoms with Crippen molar-refractivity contribution in [1.82, 2.24) is 15.1 Å². The molecule has 2 aliphatic rings. The molecule has 2 heterocycles. The lowest BCUT2D eigenvalue weighted by Crippen LogP contribution is -2.50. The summed E-state index contributed by atoms with van der Waals surface area (Å²) in [5, 5.41) is 3.19. The number of nitrogens with one attached hydrogen (secondary N) is 1. The summed E-state index contributed by atoms with van der Waals surface area (Å²) in [7, 11) is 0. The molecule has 2 rings (SSSR count). The van der Waals surface area contributed by atoms with Gasteiger partial charge in [-0.05, 0) is 37.4 Å². The van der Waals surface area contributed by atoms with E-state index >= 15 is 0 Å². The summed E-state index contributed by atoms with van der Waals surface area (Å²) in [6, 6.07) is 0.356. The van der Waals surface area contributed by atoms with E-state index in [0.29, 0.717) is 0 Å². The van der Waals surface area contributed by atoms with E-state index in [4.69, 9.17) is 0 Å². The second-order valence-electron chi connectivity index (χ2n) is 6.97. The van der Waals surface area contributed by atoms with E-state index in [1.54, 1.807) is 0 Å². The maximum Gasteiger partial charge on any atom is 0.317 e. The minimum absolute atomic E-state index is 0.128. The third-order valence-corrected chi connectivity index (χ3v) is 5.40. The van der Waals surface area contributed by atoms with E-state index < -0.39 is 0 Å². The van der Waals surface area contributed by atoms with Crippen LogP contribution in [0.15, 0.2) is 0 Å². The van der Waals surface area contributed by atoms with Crippen LogP contribution in [-0.4, -0.2) is 66.1 Å². The van der Waals surface area contributed by atoms with Gasteiger partial charge in [0.2, 0.25) is 0 Å². The Morgan fingerprint density at radius 3 is 2.67 bits per heavy atom. The summed E-state index contributed by atoms with van der Waals surface area (Å²) in [6.45, 7) is 11.9. The van der Waals surface area contributed by atoms with Gasteiger partial charge in [-0.3, -0.25) is 0 Å². The molecule has 0 unspecified atom stereocenters. The molecule has 0 spiro atoms. The van der Waals surface area contributed by atoms with Gasteiger partial charge in [0.1, 0.15) is 0 Å². The molecule has 0 saturated carbocycles. The lowest BCUT2D eigenvalue weighted by atomic mass is 9.92. The predicted molar refractivity (Wildman–Crippen MR) is 90.9 cm³/mol. The number of rotatable bonds is 3. The van der Waals surface area contributed by atoms with Gasteiger partial charge in [-0.1, -0.05) is 13.8 Å². The van der Waals surface area contributed by atoms with Crippen LogP contribution in [-0.2, 0) is 0 Å². The van der Waals surface area contributed by atoms with Crippen molar-refractivity contribution in [2.75, 3.05) is 44.2 Å². The van der Waals surface area contributed by atoms with Crippen LogP contribution in [0, 0.1) is 11.8 Å². The van der Waals surface area contributed by atoms with E-state index in [1.165, 1.54) is 25.3 Å². The first-order chi connectivity index (χ1) is 10.0. The van der Waals surface area contributed by atoms with Gasteiger partial charge in [-0.15, -0.1) is 0 Å². The number of hydrogen-bond acceptors (Lipinski definition) is 3. The lowest BCUT2D eigenvalue weighted by Gasteiger charge is -2.36. The third kappa shape index (κ3) is 5.70. The predicted octanol–water partition coefficient (Wildman–Crippen LogP) is 2.50. The van der Waals surface area contributed by atoms with Crippen LogP contribution in [0.25, 0.3) is 0 Å². The summed E-state index contributed by atoms with van der Waals surface area (Å²) in [5.41, 5.74) is 0. The summed E-state index contributed by atoms with van der Waals surface area (Å²) < 4.78 is 0. The average molecular weight is 314 g/mol. The molecular weight excluding hydrogens is 282 g/mol. The summed E-state index contributed by atoms with van der Waals surface area (Å²) in [5.74, 6) is 3.81. The number of thioether (sulfide) groups is 1. The van der Waals surface area contributed by atoms with Crippen molar-refractivity contribution in [2.24, 2.45) is 11.8 Å². The first kappa shape index (κ1) is 16.9. The second-order valence-corrected chi connectivity index (χ2v) is 8.19. The zero-order chi connectivity index (χ0) is 15.2. The fraction of sp³-hybridized carbons (Fsp3) is 0.938. The van der Waals surface area contributed by atoms with E-state index in [1.807, 2.05) is 16.7 Å². The van der Waals surface area contributed by atoms with Crippen LogP contribution in [0.1, 0.15) is 33.6 Å². The van der Waals surface area contributed by atoms with Crippen molar-refractivity contribution in [3.63, 3.8) is 0 Å². The highest BCUT2D eigenvalue weighted by Crippen LogP contribution is 2.20. The number of carbonyl (C=O) groups is 1. The van der Waals surface area contributed by atoms with Gasteiger partial charge in [-0.25, -0.2) is 4.79 Å². The molecule has 0 radical (unpaired) electrons. The fourth-order valence-corrected chi connectivity index (χ4v) is 4.51. The molecule has 21 heavy (non-hydrogen) atoms. The Bertz CT molecular complexity index is 321. The highest BCUT2D eigenvalue weighted by Gasteiger charge is 2.24. The van der Waals surface area contributed by atoms with E-state index in [0.717, 1.165) is 43.6 Å². The Morgan fingerprint density at radius 1 is 1.24 bits per heavy atom. The number of likely N-dealkylation sites (tertiary alicyclic amines) is 1. The van der Waals surface area contributed by atoms with Gasteiger partial charge in [0, 0.05) is 44.5 Å². The van der Waals surface area contributed by atoms with Gasteiger partial charge in [0.05, 0.1) is 0 Å². The Labute approximate surface area is 134 Å². The quantitative estimate of drug-likeness (QED) is 0.869. The zero-order valence-corrected chi connectivity index (χ0v) is 14.6. The average Bonchev–Trinajstić information content (AvgIpc) is 2.65. The molecule has 0 aromatic heterocycles. The first-order valence-corrected chi connectivity index (χ1v) is 9.55.